The molecule has 2 amide bonds. The van der Waals surface area contributed by atoms with Crippen molar-refractivity contribution in [3.63, 3.8) is 0 Å². The number of amides is 2. The second kappa shape index (κ2) is 7.88. The van der Waals surface area contributed by atoms with Crippen molar-refractivity contribution in [1.29, 1.82) is 0 Å². The summed E-state index contributed by atoms with van der Waals surface area (Å²) < 4.78 is 5.23. The van der Waals surface area contributed by atoms with Crippen molar-refractivity contribution >= 4 is 35.0 Å². The number of likely N-dealkylation sites (tertiary alicyclic amines) is 1. The van der Waals surface area contributed by atoms with E-state index in [4.69, 9.17) is 27.9 Å². The molecule has 1 aromatic carbocycles. The summed E-state index contributed by atoms with van der Waals surface area (Å²) in [6, 6.07) is 5.04. The van der Waals surface area contributed by atoms with Gasteiger partial charge in [-0.15, -0.1) is 11.6 Å². The molecule has 0 aliphatic carbocycles. The van der Waals surface area contributed by atoms with Crippen LogP contribution in [-0.4, -0.2) is 48.3 Å². The van der Waals surface area contributed by atoms with Gasteiger partial charge in [-0.3, -0.25) is 9.59 Å². The summed E-state index contributed by atoms with van der Waals surface area (Å²) in [5, 5.41) is 2.84. The van der Waals surface area contributed by atoms with Gasteiger partial charge in [0.25, 0.3) is 5.91 Å². The van der Waals surface area contributed by atoms with Gasteiger partial charge in [0, 0.05) is 24.2 Å². The van der Waals surface area contributed by atoms with E-state index in [0.717, 1.165) is 0 Å². The minimum absolute atomic E-state index is 0.0500. The van der Waals surface area contributed by atoms with Crippen molar-refractivity contribution in [1.82, 2.24) is 10.2 Å². The molecule has 1 aliphatic heterocycles. The number of carbonyl (C=O) groups excluding carboxylic acids is 2. The van der Waals surface area contributed by atoms with Crippen LogP contribution in [-0.2, 0) is 4.79 Å². The zero-order valence-electron chi connectivity index (χ0n) is 13.1. The van der Waals surface area contributed by atoms with Crippen molar-refractivity contribution in [2.24, 2.45) is 0 Å². The predicted molar refractivity (Wildman–Crippen MR) is 90.4 cm³/mol. The summed E-state index contributed by atoms with van der Waals surface area (Å²) in [5.41, 5.74) is 0.455. The number of alkyl halides is 1. The van der Waals surface area contributed by atoms with Crippen LogP contribution in [0.4, 0.5) is 0 Å². The summed E-state index contributed by atoms with van der Waals surface area (Å²) in [5.74, 6) is 0.221. The lowest BCUT2D eigenvalue weighted by atomic mass is 10.0. The Labute approximate surface area is 145 Å². The largest absolute Gasteiger partial charge is 0.496 e. The van der Waals surface area contributed by atoms with Crippen LogP contribution in [0.1, 0.15) is 30.1 Å². The van der Waals surface area contributed by atoms with E-state index in [1.807, 2.05) is 0 Å². The molecule has 0 saturated carbocycles. The van der Waals surface area contributed by atoms with Gasteiger partial charge >= 0.3 is 0 Å². The second-order valence-electron chi connectivity index (χ2n) is 5.54. The highest BCUT2D eigenvalue weighted by Gasteiger charge is 2.27. The van der Waals surface area contributed by atoms with E-state index in [2.05, 4.69) is 5.32 Å². The van der Waals surface area contributed by atoms with E-state index in [1.165, 1.54) is 7.11 Å². The van der Waals surface area contributed by atoms with Crippen molar-refractivity contribution in [2.75, 3.05) is 20.2 Å². The SMILES string of the molecule is COc1ccc(Cl)cc1C(=O)N1CCC(NC(=O)C(C)Cl)CC1. The number of nitrogens with one attached hydrogen (secondary N) is 1. The molecule has 23 heavy (non-hydrogen) atoms. The van der Waals surface area contributed by atoms with Gasteiger partial charge in [0.05, 0.1) is 12.7 Å². The van der Waals surface area contributed by atoms with E-state index in [0.29, 0.717) is 42.3 Å². The van der Waals surface area contributed by atoms with Crippen LogP contribution in [0.3, 0.4) is 0 Å². The maximum absolute atomic E-state index is 12.6. The van der Waals surface area contributed by atoms with Crippen molar-refractivity contribution in [3.05, 3.63) is 28.8 Å². The fourth-order valence-electron chi connectivity index (χ4n) is 2.56. The molecule has 1 aliphatic rings. The highest BCUT2D eigenvalue weighted by atomic mass is 35.5. The topological polar surface area (TPSA) is 58.6 Å². The number of rotatable bonds is 4. The third-order valence-electron chi connectivity index (χ3n) is 3.88. The van der Waals surface area contributed by atoms with Gasteiger partial charge in [0.2, 0.25) is 5.91 Å². The molecule has 0 radical (unpaired) electrons. The summed E-state index contributed by atoms with van der Waals surface area (Å²) in [7, 11) is 1.52. The molecule has 1 aromatic rings. The molecule has 126 valence electrons. The molecule has 1 heterocycles. The molecule has 7 heteroatoms. The minimum atomic E-state index is -0.551. The Bertz CT molecular complexity index is 585. The van der Waals surface area contributed by atoms with Crippen LogP contribution in [0.2, 0.25) is 5.02 Å². The monoisotopic (exact) mass is 358 g/mol. The lowest BCUT2D eigenvalue weighted by Crippen LogP contribution is -2.47. The fourth-order valence-corrected chi connectivity index (χ4v) is 2.80. The summed E-state index contributed by atoms with van der Waals surface area (Å²) in [6.07, 6.45) is 1.40. The zero-order chi connectivity index (χ0) is 17.0. The summed E-state index contributed by atoms with van der Waals surface area (Å²) >= 11 is 11.7. The van der Waals surface area contributed by atoms with Gasteiger partial charge < -0.3 is 15.0 Å². The van der Waals surface area contributed by atoms with Crippen molar-refractivity contribution < 1.29 is 14.3 Å². The highest BCUT2D eigenvalue weighted by molar-refractivity contribution is 6.31. The highest BCUT2D eigenvalue weighted by Crippen LogP contribution is 2.25. The minimum Gasteiger partial charge on any atom is -0.496 e. The van der Waals surface area contributed by atoms with Crippen LogP contribution in [0.15, 0.2) is 18.2 Å². The lowest BCUT2D eigenvalue weighted by molar-refractivity contribution is -0.121. The molecule has 1 unspecified atom stereocenters. The van der Waals surface area contributed by atoms with Crippen molar-refractivity contribution in [2.45, 2.75) is 31.2 Å². The summed E-state index contributed by atoms with van der Waals surface area (Å²) in [4.78, 5) is 26.0. The Balaban J connectivity index is 1.99. The number of methoxy groups -OCH3 is 1. The van der Waals surface area contributed by atoms with Crippen LogP contribution in [0, 0.1) is 0 Å². The first-order valence-corrected chi connectivity index (χ1v) is 8.31. The standard InChI is InChI=1S/C16H20Cl2N2O3/c1-10(17)15(21)19-12-5-7-20(8-6-12)16(22)13-9-11(18)3-4-14(13)23-2/h3-4,9-10,12H,5-8H2,1-2H3,(H,19,21). The van der Waals surface area contributed by atoms with Gasteiger partial charge in [-0.25, -0.2) is 0 Å². The quantitative estimate of drug-likeness (QED) is 0.841. The number of carbonyl (C=O) groups is 2. The smallest absolute Gasteiger partial charge is 0.257 e. The van der Waals surface area contributed by atoms with E-state index in [-0.39, 0.29) is 17.9 Å². The van der Waals surface area contributed by atoms with E-state index >= 15 is 0 Å². The Morgan fingerprint density at radius 3 is 2.57 bits per heavy atom. The second-order valence-corrected chi connectivity index (χ2v) is 6.63. The molecule has 0 spiro atoms. The van der Waals surface area contributed by atoms with Crippen LogP contribution in [0.5, 0.6) is 5.75 Å². The molecule has 0 bridgehead atoms. The first-order valence-electron chi connectivity index (χ1n) is 7.49. The fraction of sp³-hybridized carbons (Fsp3) is 0.500. The Hall–Kier alpha value is -1.46. The lowest BCUT2D eigenvalue weighted by Gasteiger charge is -2.33. The number of benzene rings is 1. The number of hydrogen-bond acceptors (Lipinski definition) is 3. The Morgan fingerprint density at radius 2 is 2.00 bits per heavy atom. The van der Waals surface area contributed by atoms with Crippen LogP contribution >= 0.6 is 23.2 Å². The third kappa shape index (κ3) is 4.52. The maximum atomic E-state index is 12.6. The third-order valence-corrected chi connectivity index (χ3v) is 4.32. The number of nitrogens with zero attached hydrogens (tertiary/aromatic N) is 1. The molecule has 1 atom stereocenters. The van der Waals surface area contributed by atoms with Crippen LogP contribution in [0.25, 0.3) is 0 Å². The van der Waals surface area contributed by atoms with Gasteiger partial charge in [-0.1, -0.05) is 11.6 Å². The number of ether oxygens (including phenoxy) is 1. The van der Waals surface area contributed by atoms with Crippen molar-refractivity contribution in [3.8, 4) is 5.75 Å². The number of hydrogen-bond donors (Lipinski definition) is 1. The summed E-state index contributed by atoms with van der Waals surface area (Å²) in [6.45, 7) is 2.77. The first-order chi connectivity index (χ1) is 10.9. The Kier molecular flexibility index (Phi) is 6.13. The first kappa shape index (κ1) is 17.9. The average Bonchev–Trinajstić information content (AvgIpc) is 2.54. The van der Waals surface area contributed by atoms with Gasteiger partial charge in [0.1, 0.15) is 11.1 Å². The molecule has 1 saturated heterocycles. The van der Waals surface area contributed by atoms with Crippen LogP contribution < -0.4 is 10.1 Å². The Morgan fingerprint density at radius 1 is 1.35 bits per heavy atom. The van der Waals surface area contributed by atoms with E-state index in [1.54, 1.807) is 30.0 Å². The van der Waals surface area contributed by atoms with E-state index < -0.39 is 5.38 Å². The molecule has 1 fully saturated rings. The predicted octanol–water partition coefficient (Wildman–Crippen LogP) is 2.70. The molecule has 1 N–H and O–H groups in total. The van der Waals surface area contributed by atoms with E-state index in [9.17, 15) is 9.59 Å². The average molecular weight is 359 g/mol. The normalized spacial score (nSPS) is 16.8. The molecular formula is C16H20Cl2N2O3. The van der Waals surface area contributed by atoms with Gasteiger partial charge in [-0.05, 0) is 38.0 Å². The number of piperidine rings is 1. The maximum Gasteiger partial charge on any atom is 0.257 e. The molecule has 0 aromatic heterocycles. The zero-order valence-corrected chi connectivity index (χ0v) is 14.7. The molecule has 2 rings (SSSR count). The molecule has 5 nitrogen and oxygen atoms in total. The number of halogens is 2. The van der Waals surface area contributed by atoms with Gasteiger partial charge in [-0.2, -0.15) is 0 Å². The molecular weight excluding hydrogens is 339 g/mol. The van der Waals surface area contributed by atoms with Gasteiger partial charge in [0.15, 0.2) is 0 Å².